The Labute approximate surface area is 125 Å². The first-order chi connectivity index (χ1) is 9.72. The minimum atomic E-state index is 0.179. The molecule has 3 rings (SSSR count). The number of nitrogens with zero attached hydrogens (tertiary/aromatic N) is 2. The molecule has 20 heavy (non-hydrogen) atoms. The average molecular weight is 296 g/mol. The third-order valence-electron chi connectivity index (χ3n) is 4.29. The molecule has 110 valence electrons. The van der Waals surface area contributed by atoms with Crippen molar-refractivity contribution >= 4 is 11.6 Å². The second-order valence-electron chi connectivity index (χ2n) is 5.71. The Balaban J connectivity index is 1.49. The number of hydrogen-bond donors (Lipinski definition) is 1. The van der Waals surface area contributed by atoms with Crippen molar-refractivity contribution in [3.63, 3.8) is 0 Å². The molecule has 4 nitrogen and oxygen atoms in total. The Morgan fingerprint density at radius 3 is 2.40 bits per heavy atom. The molecule has 2 heterocycles. The van der Waals surface area contributed by atoms with Gasteiger partial charge in [0.25, 0.3) is 0 Å². The number of ether oxygens (including phenoxy) is 1. The maximum Gasteiger partial charge on any atom is 0.0638 e. The molecule has 1 aromatic rings. The molecule has 5 heteroatoms. The zero-order valence-electron chi connectivity index (χ0n) is 11.7. The Bertz CT molecular complexity index is 431. The van der Waals surface area contributed by atoms with Gasteiger partial charge in [0.05, 0.1) is 19.3 Å². The van der Waals surface area contributed by atoms with E-state index in [-0.39, 0.29) is 6.04 Å². The summed E-state index contributed by atoms with van der Waals surface area (Å²) in [6, 6.07) is 8.72. The highest BCUT2D eigenvalue weighted by atomic mass is 35.5. The monoisotopic (exact) mass is 295 g/mol. The van der Waals surface area contributed by atoms with Gasteiger partial charge in [0.15, 0.2) is 0 Å². The average Bonchev–Trinajstić information content (AvgIpc) is 2.89. The van der Waals surface area contributed by atoms with E-state index in [1.54, 1.807) is 0 Å². The highest BCUT2D eigenvalue weighted by molar-refractivity contribution is 6.30. The van der Waals surface area contributed by atoms with Crippen molar-refractivity contribution in [3.05, 3.63) is 34.9 Å². The number of piperazine rings is 1. The van der Waals surface area contributed by atoms with Crippen molar-refractivity contribution in [3.8, 4) is 0 Å². The molecule has 0 spiro atoms. The lowest BCUT2D eigenvalue weighted by Gasteiger charge is -2.38. The fourth-order valence-electron chi connectivity index (χ4n) is 3.04. The second kappa shape index (κ2) is 6.41. The van der Waals surface area contributed by atoms with Gasteiger partial charge in [-0.25, -0.2) is 0 Å². The molecule has 0 amide bonds. The van der Waals surface area contributed by atoms with Gasteiger partial charge in [-0.05, 0) is 17.7 Å². The van der Waals surface area contributed by atoms with Crippen LogP contribution in [0.3, 0.4) is 0 Å². The zero-order valence-corrected chi connectivity index (χ0v) is 12.4. The van der Waals surface area contributed by atoms with Gasteiger partial charge in [0.2, 0.25) is 0 Å². The first-order valence-electron chi connectivity index (χ1n) is 7.26. The molecule has 2 atom stereocenters. The minimum absolute atomic E-state index is 0.179. The van der Waals surface area contributed by atoms with E-state index in [0.29, 0.717) is 12.6 Å². The highest BCUT2D eigenvalue weighted by Crippen LogP contribution is 2.16. The topological polar surface area (TPSA) is 41.7 Å². The molecule has 2 aliphatic rings. The van der Waals surface area contributed by atoms with E-state index in [4.69, 9.17) is 22.1 Å². The maximum absolute atomic E-state index is 6.09. The summed E-state index contributed by atoms with van der Waals surface area (Å²) < 4.78 is 5.46. The number of nitrogens with two attached hydrogens (primary N) is 1. The quantitative estimate of drug-likeness (QED) is 0.909. The van der Waals surface area contributed by atoms with Crippen LogP contribution in [0.2, 0.25) is 5.02 Å². The lowest BCUT2D eigenvalue weighted by Crippen LogP contribution is -2.55. The van der Waals surface area contributed by atoms with E-state index in [1.807, 2.05) is 12.1 Å². The number of benzene rings is 1. The maximum atomic E-state index is 6.09. The molecule has 2 aliphatic heterocycles. The summed E-state index contributed by atoms with van der Waals surface area (Å²) in [6.07, 6.45) is 0. The summed E-state index contributed by atoms with van der Waals surface area (Å²) in [6.45, 7) is 6.83. The molecule has 2 saturated heterocycles. The third-order valence-corrected chi connectivity index (χ3v) is 4.54. The van der Waals surface area contributed by atoms with E-state index in [1.165, 1.54) is 5.56 Å². The standard InChI is InChI=1S/C15H22ClN3O/c16-13-3-1-12(2-4-13)9-18-5-7-19(8-6-18)15-11-20-10-14(15)17/h1-4,14-15H,5-11,17H2/t14-,15?/m1/s1. The van der Waals surface area contributed by atoms with Crippen LogP contribution in [0.5, 0.6) is 0 Å². The van der Waals surface area contributed by atoms with Crippen molar-refractivity contribution in [1.82, 2.24) is 9.80 Å². The molecule has 1 aromatic carbocycles. The van der Waals surface area contributed by atoms with Gasteiger partial charge >= 0.3 is 0 Å². The van der Waals surface area contributed by atoms with E-state index in [9.17, 15) is 0 Å². The Kier molecular flexibility index (Phi) is 4.58. The van der Waals surface area contributed by atoms with Crippen LogP contribution >= 0.6 is 11.6 Å². The molecular formula is C15H22ClN3O. The first-order valence-corrected chi connectivity index (χ1v) is 7.64. The fraction of sp³-hybridized carbons (Fsp3) is 0.600. The molecule has 0 aromatic heterocycles. The number of rotatable bonds is 3. The van der Waals surface area contributed by atoms with Crippen molar-refractivity contribution in [1.29, 1.82) is 0 Å². The minimum Gasteiger partial charge on any atom is -0.378 e. The molecule has 2 fully saturated rings. The van der Waals surface area contributed by atoms with Crippen molar-refractivity contribution in [2.75, 3.05) is 39.4 Å². The van der Waals surface area contributed by atoms with Crippen molar-refractivity contribution in [2.24, 2.45) is 5.73 Å². The van der Waals surface area contributed by atoms with Gasteiger partial charge in [0, 0.05) is 43.8 Å². The lowest BCUT2D eigenvalue weighted by atomic mass is 10.1. The van der Waals surface area contributed by atoms with Crippen LogP contribution < -0.4 is 5.73 Å². The molecule has 0 radical (unpaired) electrons. The molecule has 0 aliphatic carbocycles. The largest absolute Gasteiger partial charge is 0.378 e. The predicted octanol–water partition coefficient (Wildman–Crippen LogP) is 1.18. The van der Waals surface area contributed by atoms with E-state index in [0.717, 1.165) is 44.4 Å². The number of halogens is 1. The second-order valence-corrected chi connectivity index (χ2v) is 6.14. The summed E-state index contributed by atoms with van der Waals surface area (Å²) in [5.41, 5.74) is 7.41. The first kappa shape index (κ1) is 14.3. The summed E-state index contributed by atoms with van der Waals surface area (Å²) in [4.78, 5) is 4.97. The normalized spacial score (nSPS) is 28.9. The van der Waals surface area contributed by atoms with Gasteiger partial charge in [0.1, 0.15) is 0 Å². The molecule has 1 unspecified atom stereocenters. The highest BCUT2D eigenvalue weighted by Gasteiger charge is 2.32. The molecular weight excluding hydrogens is 274 g/mol. The smallest absolute Gasteiger partial charge is 0.0638 e. The van der Waals surface area contributed by atoms with Crippen LogP contribution in [0.15, 0.2) is 24.3 Å². The summed E-state index contributed by atoms with van der Waals surface area (Å²) >= 11 is 5.92. The van der Waals surface area contributed by atoms with E-state index < -0.39 is 0 Å². The van der Waals surface area contributed by atoms with Crippen LogP contribution in [0.1, 0.15) is 5.56 Å². The predicted molar refractivity (Wildman–Crippen MR) is 80.9 cm³/mol. The fourth-order valence-corrected chi connectivity index (χ4v) is 3.16. The van der Waals surface area contributed by atoms with Crippen molar-refractivity contribution < 1.29 is 4.74 Å². The SMILES string of the molecule is N[C@@H]1COCC1N1CCN(Cc2ccc(Cl)cc2)CC1. The van der Waals surface area contributed by atoms with E-state index in [2.05, 4.69) is 21.9 Å². The van der Waals surface area contributed by atoms with Crippen molar-refractivity contribution in [2.45, 2.75) is 18.6 Å². The summed E-state index contributed by atoms with van der Waals surface area (Å²) in [5.74, 6) is 0. The Morgan fingerprint density at radius 1 is 1.10 bits per heavy atom. The third kappa shape index (κ3) is 3.32. The molecule has 2 N–H and O–H groups in total. The van der Waals surface area contributed by atoms with Gasteiger partial charge < -0.3 is 10.5 Å². The molecule has 0 bridgehead atoms. The molecule has 0 saturated carbocycles. The van der Waals surface area contributed by atoms with Gasteiger partial charge in [-0.2, -0.15) is 0 Å². The zero-order chi connectivity index (χ0) is 13.9. The van der Waals surface area contributed by atoms with Gasteiger partial charge in [-0.1, -0.05) is 23.7 Å². The number of hydrogen-bond acceptors (Lipinski definition) is 4. The summed E-state index contributed by atoms with van der Waals surface area (Å²) in [5, 5.41) is 0.800. The Hall–Kier alpha value is -0.650. The van der Waals surface area contributed by atoms with Gasteiger partial charge in [-0.3, -0.25) is 9.80 Å². The summed E-state index contributed by atoms with van der Waals surface area (Å²) in [7, 11) is 0. The van der Waals surface area contributed by atoms with Gasteiger partial charge in [-0.15, -0.1) is 0 Å². The van der Waals surface area contributed by atoms with E-state index >= 15 is 0 Å². The van der Waals surface area contributed by atoms with Crippen LogP contribution in [-0.4, -0.2) is 61.3 Å². The van der Waals surface area contributed by atoms with Crippen LogP contribution in [0, 0.1) is 0 Å². The Morgan fingerprint density at radius 2 is 1.80 bits per heavy atom. The van der Waals surface area contributed by atoms with Crippen LogP contribution in [0.4, 0.5) is 0 Å². The van der Waals surface area contributed by atoms with Crippen LogP contribution in [0.25, 0.3) is 0 Å². The lowest BCUT2D eigenvalue weighted by molar-refractivity contribution is 0.0790. The van der Waals surface area contributed by atoms with Crippen LogP contribution in [-0.2, 0) is 11.3 Å².